The molecular weight excluding hydrogens is 357 g/mol. The SMILES string of the molecule is CCOC(=O)c1n[nH]nc1-c1cc(Cl)c(Br)cc1Cl. The molecule has 0 radical (unpaired) electrons. The lowest BCUT2D eigenvalue weighted by atomic mass is 10.1. The summed E-state index contributed by atoms with van der Waals surface area (Å²) in [6.45, 7) is 1.96. The summed E-state index contributed by atoms with van der Waals surface area (Å²) >= 11 is 15.4. The van der Waals surface area contributed by atoms with Crippen LogP contribution in [0, 0.1) is 0 Å². The second-order valence-electron chi connectivity index (χ2n) is 3.49. The molecule has 1 N–H and O–H groups in total. The fraction of sp³-hybridized carbons (Fsp3) is 0.182. The maximum Gasteiger partial charge on any atom is 0.361 e. The van der Waals surface area contributed by atoms with Crippen LogP contribution in [0.25, 0.3) is 11.3 Å². The van der Waals surface area contributed by atoms with Crippen molar-refractivity contribution in [3.63, 3.8) is 0 Å². The third-order valence-corrected chi connectivity index (χ3v) is 3.79. The van der Waals surface area contributed by atoms with Crippen molar-refractivity contribution < 1.29 is 9.53 Å². The molecule has 19 heavy (non-hydrogen) atoms. The number of benzene rings is 1. The number of hydrogen-bond acceptors (Lipinski definition) is 4. The smallest absolute Gasteiger partial charge is 0.361 e. The van der Waals surface area contributed by atoms with E-state index in [-0.39, 0.29) is 12.3 Å². The maximum atomic E-state index is 11.7. The summed E-state index contributed by atoms with van der Waals surface area (Å²) in [6, 6.07) is 3.23. The first-order chi connectivity index (χ1) is 9.04. The first-order valence-electron chi connectivity index (χ1n) is 5.27. The third kappa shape index (κ3) is 2.91. The maximum absolute atomic E-state index is 11.7. The highest BCUT2D eigenvalue weighted by Crippen LogP contribution is 2.35. The van der Waals surface area contributed by atoms with E-state index in [1.165, 1.54) is 0 Å². The molecule has 100 valence electrons. The summed E-state index contributed by atoms with van der Waals surface area (Å²) in [7, 11) is 0. The Labute approximate surface area is 127 Å². The van der Waals surface area contributed by atoms with Crippen LogP contribution in [0.5, 0.6) is 0 Å². The van der Waals surface area contributed by atoms with Crippen LogP contribution in [-0.2, 0) is 4.74 Å². The zero-order valence-corrected chi connectivity index (χ0v) is 12.8. The summed E-state index contributed by atoms with van der Waals surface area (Å²) in [5, 5.41) is 10.9. The minimum atomic E-state index is -0.568. The highest BCUT2D eigenvalue weighted by Gasteiger charge is 2.21. The Morgan fingerprint density at radius 2 is 2.11 bits per heavy atom. The van der Waals surface area contributed by atoms with Crippen LogP contribution in [0.3, 0.4) is 0 Å². The molecule has 0 saturated carbocycles. The van der Waals surface area contributed by atoms with E-state index < -0.39 is 5.97 Å². The Bertz CT molecular complexity index is 630. The molecule has 0 spiro atoms. The lowest BCUT2D eigenvalue weighted by Gasteiger charge is -2.05. The number of carbonyl (C=O) groups excluding carboxylic acids is 1. The topological polar surface area (TPSA) is 67.9 Å². The van der Waals surface area contributed by atoms with Gasteiger partial charge < -0.3 is 4.74 Å². The van der Waals surface area contributed by atoms with Crippen LogP contribution in [-0.4, -0.2) is 28.0 Å². The molecule has 0 fully saturated rings. The van der Waals surface area contributed by atoms with Crippen LogP contribution in [0.15, 0.2) is 16.6 Å². The summed E-state index contributed by atoms with van der Waals surface area (Å²) in [5.74, 6) is -0.568. The summed E-state index contributed by atoms with van der Waals surface area (Å²) in [5.41, 5.74) is 0.881. The van der Waals surface area contributed by atoms with Crippen molar-refractivity contribution >= 4 is 45.1 Å². The highest BCUT2D eigenvalue weighted by molar-refractivity contribution is 9.10. The van der Waals surface area contributed by atoms with E-state index in [0.717, 1.165) is 0 Å². The monoisotopic (exact) mass is 363 g/mol. The lowest BCUT2D eigenvalue weighted by Crippen LogP contribution is -2.06. The molecule has 0 unspecified atom stereocenters. The molecule has 8 heteroatoms. The number of nitrogens with zero attached hydrogens (tertiary/aromatic N) is 2. The average molecular weight is 365 g/mol. The van der Waals surface area contributed by atoms with Crippen molar-refractivity contribution in [2.75, 3.05) is 6.61 Å². The Hall–Kier alpha value is -1.11. The Morgan fingerprint density at radius 1 is 1.37 bits per heavy atom. The number of H-pyrrole nitrogens is 1. The largest absolute Gasteiger partial charge is 0.461 e. The molecule has 0 aliphatic heterocycles. The standard InChI is InChI=1S/C11H8BrCl2N3O2/c1-2-19-11(18)10-9(15-17-16-10)5-3-8(14)6(12)4-7(5)13/h3-4H,2H2,1H3,(H,15,16,17). The van der Waals surface area contributed by atoms with Gasteiger partial charge in [0.1, 0.15) is 5.69 Å². The number of carbonyl (C=O) groups is 1. The molecule has 0 saturated heterocycles. The van der Waals surface area contributed by atoms with E-state index in [1.807, 2.05) is 0 Å². The number of ether oxygens (including phenoxy) is 1. The normalized spacial score (nSPS) is 10.5. The Balaban J connectivity index is 2.51. The zero-order valence-electron chi connectivity index (χ0n) is 9.71. The van der Waals surface area contributed by atoms with E-state index >= 15 is 0 Å². The number of hydrogen-bond donors (Lipinski definition) is 1. The fourth-order valence-corrected chi connectivity index (χ4v) is 2.36. The number of aromatic amines is 1. The van der Waals surface area contributed by atoms with Crippen LogP contribution < -0.4 is 0 Å². The molecule has 5 nitrogen and oxygen atoms in total. The minimum absolute atomic E-state index is 0.0714. The molecule has 2 aromatic rings. The van der Waals surface area contributed by atoms with Gasteiger partial charge in [-0.1, -0.05) is 23.2 Å². The lowest BCUT2D eigenvalue weighted by molar-refractivity contribution is 0.0520. The van der Waals surface area contributed by atoms with Gasteiger partial charge in [-0.25, -0.2) is 4.79 Å². The van der Waals surface area contributed by atoms with Gasteiger partial charge in [0.15, 0.2) is 5.69 Å². The van der Waals surface area contributed by atoms with Crippen LogP contribution in [0.4, 0.5) is 0 Å². The molecule has 1 aromatic heterocycles. The first-order valence-corrected chi connectivity index (χ1v) is 6.82. The molecular formula is C11H8BrCl2N3O2. The molecule has 0 aliphatic carbocycles. The molecule has 1 aromatic carbocycles. The van der Waals surface area contributed by atoms with Crippen LogP contribution in [0.1, 0.15) is 17.4 Å². The highest BCUT2D eigenvalue weighted by atomic mass is 79.9. The van der Waals surface area contributed by atoms with Crippen molar-refractivity contribution in [3.05, 3.63) is 32.3 Å². The summed E-state index contributed by atoms with van der Waals surface area (Å²) < 4.78 is 5.55. The van der Waals surface area contributed by atoms with Gasteiger partial charge >= 0.3 is 5.97 Å². The second kappa shape index (κ2) is 5.90. The van der Waals surface area contributed by atoms with Gasteiger partial charge in [0.25, 0.3) is 0 Å². The molecule has 0 bridgehead atoms. The predicted octanol–water partition coefficient (Wildman–Crippen LogP) is 3.72. The van der Waals surface area contributed by atoms with Crippen LogP contribution >= 0.6 is 39.1 Å². The van der Waals surface area contributed by atoms with Crippen molar-refractivity contribution in [1.82, 2.24) is 15.4 Å². The van der Waals surface area contributed by atoms with Gasteiger partial charge in [-0.2, -0.15) is 10.3 Å². The van der Waals surface area contributed by atoms with E-state index in [9.17, 15) is 4.79 Å². The fourth-order valence-electron chi connectivity index (χ4n) is 1.46. The Morgan fingerprint density at radius 3 is 2.79 bits per heavy atom. The van der Waals surface area contributed by atoms with Gasteiger partial charge in [0.2, 0.25) is 0 Å². The average Bonchev–Trinajstić information content (AvgIpc) is 2.83. The van der Waals surface area contributed by atoms with Gasteiger partial charge in [-0.05, 0) is 35.0 Å². The number of nitrogens with one attached hydrogen (secondary N) is 1. The zero-order chi connectivity index (χ0) is 14.0. The first kappa shape index (κ1) is 14.3. The van der Waals surface area contributed by atoms with Crippen molar-refractivity contribution in [2.45, 2.75) is 6.92 Å². The third-order valence-electron chi connectivity index (χ3n) is 2.28. The number of halogens is 3. The Kier molecular flexibility index (Phi) is 4.44. The van der Waals surface area contributed by atoms with Crippen molar-refractivity contribution in [3.8, 4) is 11.3 Å². The molecule has 0 atom stereocenters. The molecule has 2 rings (SSSR count). The quantitative estimate of drug-likeness (QED) is 0.665. The van der Waals surface area contributed by atoms with Gasteiger partial charge in [-0.3, -0.25) is 0 Å². The molecule has 1 heterocycles. The second-order valence-corrected chi connectivity index (χ2v) is 5.16. The van der Waals surface area contributed by atoms with E-state index in [4.69, 9.17) is 27.9 Å². The van der Waals surface area contributed by atoms with Gasteiger partial charge in [0.05, 0.1) is 16.7 Å². The summed E-state index contributed by atoms with van der Waals surface area (Å²) in [4.78, 5) is 11.7. The van der Waals surface area contributed by atoms with E-state index in [1.54, 1.807) is 19.1 Å². The van der Waals surface area contributed by atoms with E-state index in [2.05, 4.69) is 31.3 Å². The van der Waals surface area contributed by atoms with Crippen molar-refractivity contribution in [2.24, 2.45) is 0 Å². The minimum Gasteiger partial charge on any atom is -0.461 e. The van der Waals surface area contributed by atoms with Crippen molar-refractivity contribution in [1.29, 1.82) is 0 Å². The molecule has 0 amide bonds. The predicted molar refractivity (Wildman–Crippen MR) is 75.5 cm³/mol. The number of rotatable bonds is 3. The number of aromatic nitrogens is 3. The van der Waals surface area contributed by atoms with Gasteiger partial charge in [-0.15, -0.1) is 5.10 Å². The van der Waals surface area contributed by atoms with E-state index in [0.29, 0.717) is 25.8 Å². The number of esters is 1. The molecule has 0 aliphatic rings. The van der Waals surface area contributed by atoms with Gasteiger partial charge in [0, 0.05) is 10.0 Å². The van der Waals surface area contributed by atoms with Crippen LogP contribution in [0.2, 0.25) is 10.0 Å². The summed E-state index contributed by atoms with van der Waals surface area (Å²) in [6.07, 6.45) is 0.